The quantitative estimate of drug-likeness (QED) is 0.410. The van der Waals surface area contributed by atoms with Crippen LogP contribution < -0.4 is 0 Å². The molecule has 0 aliphatic heterocycles. The fourth-order valence-electron chi connectivity index (χ4n) is 0.260. The van der Waals surface area contributed by atoms with Gasteiger partial charge in [0.05, 0.1) is 6.07 Å². The monoisotopic (exact) mass is 223 g/mol. The first kappa shape index (κ1) is 10.2. The van der Waals surface area contributed by atoms with E-state index >= 15 is 0 Å². The lowest BCUT2D eigenvalue weighted by Crippen LogP contribution is -2.00. The van der Waals surface area contributed by atoms with Gasteiger partial charge in [0.1, 0.15) is 0 Å². The summed E-state index contributed by atoms with van der Waals surface area (Å²) in [4.78, 5) is 0. The minimum atomic E-state index is -3.44. The van der Waals surface area contributed by atoms with Crippen LogP contribution >= 0.6 is 23.5 Å². The lowest BCUT2D eigenvalue weighted by atomic mass is 10.6. The molecule has 2 atom stereocenters. The van der Waals surface area contributed by atoms with Crippen molar-refractivity contribution in [1.82, 2.24) is 0 Å². The molecule has 0 aromatic rings. The van der Waals surface area contributed by atoms with Crippen molar-refractivity contribution >= 4 is 31.6 Å². The number of hydrogen-bond acceptors (Lipinski definition) is 4. The smallest absolute Gasteiger partial charge is 0.343 e. The third-order valence-electron chi connectivity index (χ3n) is 0.786. The van der Waals surface area contributed by atoms with Crippen LogP contribution in [-0.2, 0) is 13.5 Å². The van der Waals surface area contributed by atoms with Crippen molar-refractivity contribution in [2.75, 3.05) is 7.11 Å². The van der Waals surface area contributed by atoms with Crippen LogP contribution in [0.15, 0.2) is 0 Å². The van der Waals surface area contributed by atoms with Crippen LogP contribution in [0.5, 0.6) is 0 Å². The van der Waals surface area contributed by atoms with E-state index in [1.54, 1.807) is 6.07 Å². The van der Waals surface area contributed by atoms with Gasteiger partial charge in [-0.15, -0.1) is 0 Å². The molecule has 0 saturated heterocycles. The summed E-state index contributed by atoms with van der Waals surface area (Å²) >= 11 is 2.77. The first-order valence-corrected chi connectivity index (χ1v) is 4.71. The average Bonchev–Trinajstić information content (AvgIpc) is 2.01. The molecule has 2 unspecified atom stereocenters. The fourth-order valence-corrected chi connectivity index (χ4v) is 1.57. The lowest BCUT2D eigenvalue weighted by molar-refractivity contribution is 0.332. The Kier molecular flexibility index (Phi) is 4.22. The molecule has 0 fully saturated rings. The molecule has 0 heterocycles. The van der Waals surface area contributed by atoms with Gasteiger partial charge in [0.2, 0.25) is 4.57 Å². The maximum Gasteiger partial charge on any atom is 0.343 e. The van der Waals surface area contributed by atoms with Crippen LogP contribution in [0.4, 0.5) is 0 Å². The molecule has 0 rings (SSSR count). The predicted molar refractivity (Wildman–Crippen MR) is 39.8 cm³/mol. The van der Waals surface area contributed by atoms with Crippen molar-refractivity contribution in [3.63, 3.8) is 0 Å². The Balaban J connectivity index is 4.37. The largest absolute Gasteiger partial charge is 0.382 e. The van der Waals surface area contributed by atoms with Crippen LogP contribution in [0, 0.1) is 11.3 Å². The highest BCUT2D eigenvalue weighted by Crippen LogP contribution is 2.53. The molecule has 0 saturated carbocycles. The minimum absolute atomic E-state index is 1.02. The summed E-state index contributed by atoms with van der Waals surface area (Å²) in [6, 6.07) is 1.63. The Morgan fingerprint density at radius 3 is 2.50 bits per heavy atom. The standard InChI is InChI=1S/C3H4BBrNO3P/c1-8-10(7,9-4)3(5)2-6/h3H,1H3. The van der Waals surface area contributed by atoms with Gasteiger partial charge < -0.3 is 8.96 Å². The normalized spacial score (nSPS) is 18.9. The van der Waals surface area contributed by atoms with Gasteiger partial charge in [-0.25, -0.2) is 0 Å². The molecule has 54 valence electrons. The third-order valence-corrected chi connectivity index (χ3v) is 3.97. The zero-order valence-corrected chi connectivity index (χ0v) is 7.63. The Hall–Kier alpha value is 0.185. The topological polar surface area (TPSA) is 59.3 Å². The van der Waals surface area contributed by atoms with E-state index in [9.17, 15) is 4.57 Å². The molecule has 0 aliphatic carbocycles. The summed E-state index contributed by atoms with van der Waals surface area (Å²) in [5.41, 5.74) is 0. The number of alkyl halides is 1. The molecule has 0 aromatic heterocycles. The van der Waals surface area contributed by atoms with Crippen molar-refractivity contribution in [3.8, 4) is 6.07 Å². The van der Waals surface area contributed by atoms with Crippen molar-refractivity contribution in [2.24, 2.45) is 0 Å². The van der Waals surface area contributed by atoms with E-state index in [2.05, 4.69) is 32.9 Å². The molecule has 7 heteroatoms. The molecular weight excluding hydrogens is 220 g/mol. The van der Waals surface area contributed by atoms with E-state index in [1.165, 1.54) is 0 Å². The Labute approximate surface area is 68.6 Å². The highest BCUT2D eigenvalue weighted by atomic mass is 79.9. The summed E-state index contributed by atoms with van der Waals surface area (Å²) in [6.45, 7) is 0. The van der Waals surface area contributed by atoms with Gasteiger partial charge in [0, 0.05) is 7.11 Å². The van der Waals surface area contributed by atoms with Crippen LogP contribution in [0.1, 0.15) is 0 Å². The second-order valence-electron chi connectivity index (χ2n) is 1.29. The zero-order chi connectivity index (χ0) is 8.20. The SMILES string of the molecule is [B]OP(=O)(OC)C(Br)C#N. The zero-order valence-electron chi connectivity index (χ0n) is 5.15. The van der Waals surface area contributed by atoms with Gasteiger partial charge in [-0.1, -0.05) is 15.9 Å². The first-order chi connectivity index (χ1) is 4.60. The van der Waals surface area contributed by atoms with Crippen molar-refractivity contribution in [1.29, 1.82) is 5.26 Å². The molecule has 4 nitrogen and oxygen atoms in total. The molecule has 2 radical (unpaired) electrons. The van der Waals surface area contributed by atoms with Crippen molar-refractivity contribution in [3.05, 3.63) is 0 Å². The number of halogens is 1. The summed E-state index contributed by atoms with van der Waals surface area (Å²) < 4.78 is 18.4. The van der Waals surface area contributed by atoms with Crippen LogP contribution in [0.2, 0.25) is 0 Å². The van der Waals surface area contributed by atoms with Crippen LogP contribution in [-0.4, -0.2) is 19.7 Å². The number of nitriles is 1. The Bertz CT molecular complexity index is 185. The molecule has 0 bridgehead atoms. The van der Waals surface area contributed by atoms with E-state index in [4.69, 9.17) is 5.26 Å². The third kappa shape index (κ3) is 2.10. The first-order valence-electron chi connectivity index (χ1n) is 2.18. The molecule has 0 amide bonds. The average molecular weight is 224 g/mol. The van der Waals surface area contributed by atoms with E-state index in [-0.39, 0.29) is 0 Å². The minimum Gasteiger partial charge on any atom is -0.382 e. The Morgan fingerprint density at radius 2 is 2.40 bits per heavy atom. The van der Waals surface area contributed by atoms with Gasteiger partial charge in [0.15, 0.2) is 0 Å². The van der Waals surface area contributed by atoms with Gasteiger partial charge in [-0.05, 0) is 0 Å². The maximum atomic E-state index is 11.0. The second-order valence-corrected chi connectivity index (χ2v) is 5.09. The molecule has 10 heavy (non-hydrogen) atoms. The fraction of sp³-hybridized carbons (Fsp3) is 0.667. The number of hydrogen-bond donors (Lipinski definition) is 0. The predicted octanol–water partition coefficient (Wildman–Crippen LogP) is 1.17. The Morgan fingerprint density at radius 1 is 1.90 bits per heavy atom. The van der Waals surface area contributed by atoms with E-state index in [0.717, 1.165) is 7.11 Å². The highest BCUT2D eigenvalue weighted by molar-refractivity contribution is 9.10. The molecule has 0 aromatic carbocycles. The molecule has 0 spiro atoms. The van der Waals surface area contributed by atoms with Gasteiger partial charge in [-0.2, -0.15) is 5.26 Å². The summed E-state index contributed by atoms with van der Waals surface area (Å²) in [6.07, 6.45) is 0. The van der Waals surface area contributed by atoms with Crippen molar-refractivity contribution in [2.45, 2.75) is 4.57 Å². The number of nitrogens with zero attached hydrogens (tertiary/aromatic N) is 1. The van der Waals surface area contributed by atoms with Crippen LogP contribution in [0.3, 0.4) is 0 Å². The highest BCUT2D eigenvalue weighted by Gasteiger charge is 2.30. The van der Waals surface area contributed by atoms with Gasteiger partial charge >= 0.3 is 7.60 Å². The molecule has 0 N–H and O–H groups in total. The summed E-state index contributed by atoms with van der Waals surface area (Å²) in [7, 11) is 2.34. The molecular formula is C3H4BBrNO3P. The van der Waals surface area contributed by atoms with E-state index in [1.807, 2.05) is 0 Å². The van der Waals surface area contributed by atoms with Gasteiger partial charge in [0.25, 0.3) is 8.05 Å². The summed E-state index contributed by atoms with van der Waals surface area (Å²) in [5, 5.41) is 8.25. The lowest BCUT2D eigenvalue weighted by Gasteiger charge is -2.13. The number of rotatable bonds is 3. The van der Waals surface area contributed by atoms with Crippen molar-refractivity contribution < 1.29 is 13.5 Å². The van der Waals surface area contributed by atoms with Gasteiger partial charge in [-0.3, -0.25) is 4.57 Å². The van der Waals surface area contributed by atoms with E-state index < -0.39 is 12.2 Å². The van der Waals surface area contributed by atoms with E-state index in [0.29, 0.717) is 0 Å². The second kappa shape index (κ2) is 4.14. The summed E-state index contributed by atoms with van der Waals surface area (Å²) in [5.74, 6) is 0. The van der Waals surface area contributed by atoms with Crippen LogP contribution in [0.25, 0.3) is 0 Å². The molecule has 0 aliphatic rings. The maximum absolute atomic E-state index is 11.0.